The number of rotatable bonds is 6. The average molecular weight is 227 g/mol. The third kappa shape index (κ3) is 4.49. The second-order valence-corrected chi connectivity index (χ2v) is 4.88. The van der Waals surface area contributed by atoms with Crippen molar-refractivity contribution < 1.29 is 4.79 Å². The van der Waals surface area contributed by atoms with Crippen LogP contribution in [0.2, 0.25) is 0 Å². The van der Waals surface area contributed by atoms with E-state index in [-0.39, 0.29) is 5.91 Å². The lowest BCUT2D eigenvalue weighted by Crippen LogP contribution is -2.40. The molecule has 0 saturated carbocycles. The predicted octanol–water partition coefficient (Wildman–Crippen LogP) is 0.572. The second kappa shape index (κ2) is 6.86. The molecule has 0 bridgehead atoms. The fourth-order valence-corrected chi connectivity index (χ4v) is 2.28. The van der Waals surface area contributed by atoms with Crippen LogP contribution < -0.4 is 11.1 Å². The van der Waals surface area contributed by atoms with Gasteiger partial charge in [-0.25, -0.2) is 0 Å². The Labute approximate surface area is 98.6 Å². The van der Waals surface area contributed by atoms with Gasteiger partial charge in [-0.2, -0.15) is 0 Å². The number of nitrogens with one attached hydrogen (secondary N) is 1. The van der Waals surface area contributed by atoms with Crippen LogP contribution in [0.4, 0.5) is 0 Å². The van der Waals surface area contributed by atoms with Crippen molar-refractivity contribution in [3.63, 3.8) is 0 Å². The second-order valence-electron chi connectivity index (χ2n) is 4.88. The summed E-state index contributed by atoms with van der Waals surface area (Å²) in [4.78, 5) is 13.9. The number of hydrogen-bond acceptors (Lipinski definition) is 3. The van der Waals surface area contributed by atoms with Crippen molar-refractivity contribution >= 4 is 5.91 Å². The molecule has 0 aromatic rings. The summed E-state index contributed by atoms with van der Waals surface area (Å²) in [6, 6.07) is 0.297. The summed E-state index contributed by atoms with van der Waals surface area (Å²) < 4.78 is 0. The van der Waals surface area contributed by atoms with Gasteiger partial charge in [0.1, 0.15) is 0 Å². The van der Waals surface area contributed by atoms with Crippen molar-refractivity contribution in [3.05, 3.63) is 0 Å². The third-order valence-corrected chi connectivity index (χ3v) is 3.20. The predicted molar refractivity (Wildman–Crippen MR) is 66.1 cm³/mol. The van der Waals surface area contributed by atoms with E-state index in [0.29, 0.717) is 18.5 Å². The quantitative estimate of drug-likeness (QED) is 0.697. The molecule has 1 heterocycles. The minimum Gasteiger partial charge on any atom is -0.353 e. The Balaban J connectivity index is 2.19. The van der Waals surface area contributed by atoms with Crippen molar-refractivity contribution in [2.24, 2.45) is 11.7 Å². The Morgan fingerprint density at radius 2 is 2.38 bits per heavy atom. The van der Waals surface area contributed by atoms with Gasteiger partial charge in [0.05, 0.1) is 6.54 Å². The Morgan fingerprint density at radius 1 is 1.62 bits per heavy atom. The van der Waals surface area contributed by atoms with Gasteiger partial charge in [-0.15, -0.1) is 0 Å². The van der Waals surface area contributed by atoms with Crippen LogP contribution in [0, 0.1) is 5.92 Å². The minimum absolute atomic E-state index is 0.152. The molecule has 0 aliphatic carbocycles. The Bertz CT molecular complexity index is 220. The maximum absolute atomic E-state index is 11.7. The Hall–Kier alpha value is -0.610. The standard InChI is InChI=1S/C12H25N3O/c1-3-4-10(2)14-12(16)9-15-6-5-11(7-13)8-15/h10-11H,3-9,13H2,1-2H3,(H,14,16). The van der Waals surface area contributed by atoms with Gasteiger partial charge in [-0.1, -0.05) is 13.3 Å². The smallest absolute Gasteiger partial charge is 0.234 e. The first-order chi connectivity index (χ1) is 7.65. The highest BCUT2D eigenvalue weighted by atomic mass is 16.2. The molecular weight excluding hydrogens is 202 g/mol. The van der Waals surface area contributed by atoms with Gasteiger partial charge in [-0.05, 0) is 38.8 Å². The lowest BCUT2D eigenvalue weighted by molar-refractivity contribution is -0.122. The Morgan fingerprint density at radius 3 is 2.94 bits per heavy atom. The summed E-state index contributed by atoms with van der Waals surface area (Å²) >= 11 is 0. The van der Waals surface area contributed by atoms with E-state index >= 15 is 0 Å². The first kappa shape index (κ1) is 13.5. The molecule has 1 rings (SSSR count). The van der Waals surface area contributed by atoms with Gasteiger partial charge in [-0.3, -0.25) is 9.69 Å². The molecule has 2 atom stereocenters. The van der Waals surface area contributed by atoms with Crippen molar-refractivity contribution in [3.8, 4) is 0 Å². The van der Waals surface area contributed by atoms with E-state index in [1.165, 1.54) is 0 Å². The molecule has 1 aliphatic heterocycles. The summed E-state index contributed by atoms with van der Waals surface area (Å²) in [6.45, 7) is 7.46. The van der Waals surface area contributed by atoms with Crippen molar-refractivity contribution in [1.29, 1.82) is 0 Å². The van der Waals surface area contributed by atoms with E-state index in [1.807, 2.05) is 0 Å². The van der Waals surface area contributed by atoms with Crippen molar-refractivity contribution in [2.75, 3.05) is 26.2 Å². The molecule has 1 saturated heterocycles. The maximum Gasteiger partial charge on any atom is 0.234 e. The summed E-state index contributed by atoms with van der Waals surface area (Å²) in [5.74, 6) is 0.736. The number of amides is 1. The average Bonchev–Trinajstić information content (AvgIpc) is 2.65. The minimum atomic E-state index is 0.152. The van der Waals surface area contributed by atoms with E-state index in [0.717, 1.165) is 38.9 Å². The van der Waals surface area contributed by atoms with Gasteiger partial charge in [0, 0.05) is 12.6 Å². The number of hydrogen-bond donors (Lipinski definition) is 2. The summed E-state index contributed by atoms with van der Waals surface area (Å²) in [5.41, 5.74) is 5.62. The zero-order valence-electron chi connectivity index (χ0n) is 10.5. The zero-order chi connectivity index (χ0) is 12.0. The SMILES string of the molecule is CCCC(C)NC(=O)CN1CCC(CN)C1. The first-order valence-electron chi connectivity index (χ1n) is 6.37. The molecule has 4 nitrogen and oxygen atoms in total. The van der Waals surface area contributed by atoms with E-state index in [4.69, 9.17) is 5.73 Å². The van der Waals surface area contributed by atoms with E-state index in [1.54, 1.807) is 0 Å². The van der Waals surface area contributed by atoms with Crippen LogP contribution in [0.1, 0.15) is 33.1 Å². The fourth-order valence-electron chi connectivity index (χ4n) is 2.28. The van der Waals surface area contributed by atoms with Crippen LogP contribution in [0.15, 0.2) is 0 Å². The fraction of sp³-hybridized carbons (Fsp3) is 0.917. The number of nitrogens with two attached hydrogens (primary N) is 1. The molecular formula is C12H25N3O. The monoisotopic (exact) mass is 227 g/mol. The molecule has 0 aromatic heterocycles. The number of carbonyl (C=O) groups is 1. The van der Waals surface area contributed by atoms with Gasteiger partial charge >= 0.3 is 0 Å². The molecule has 1 amide bonds. The van der Waals surface area contributed by atoms with Crippen LogP contribution in [0.3, 0.4) is 0 Å². The van der Waals surface area contributed by atoms with Crippen LogP contribution in [-0.4, -0.2) is 43.0 Å². The molecule has 0 radical (unpaired) electrons. The molecule has 4 heteroatoms. The van der Waals surface area contributed by atoms with Crippen LogP contribution in [0.5, 0.6) is 0 Å². The summed E-state index contributed by atoms with van der Waals surface area (Å²) in [7, 11) is 0. The van der Waals surface area contributed by atoms with Crippen LogP contribution in [-0.2, 0) is 4.79 Å². The number of nitrogens with zero attached hydrogens (tertiary/aromatic N) is 1. The maximum atomic E-state index is 11.7. The molecule has 2 unspecified atom stereocenters. The van der Waals surface area contributed by atoms with Gasteiger partial charge < -0.3 is 11.1 Å². The van der Waals surface area contributed by atoms with Crippen molar-refractivity contribution in [1.82, 2.24) is 10.2 Å². The lowest BCUT2D eigenvalue weighted by atomic mass is 10.1. The highest BCUT2D eigenvalue weighted by Gasteiger charge is 2.22. The molecule has 16 heavy (non-hydrogen) atoms. The summed E-state index contributed by atoms with van der Waals surface area (Å²) in [5, 5.41) is 3.03. The van der Waals surface area contributed by atoms with Gasteiger partial charge in [0.2, 0.25) is 5.91 Å². The van der Waals surface area contributed by atoms with Gasteiger partial charge in [0.25, 0.3) is 0 Å². The number of carbonyl (C=O) groups excluding carboxylic acids is 1. The topological polar surface area (TPSA) is 58.4 Å². The molecule has 94 valence electrons. The molecule has 1 fully saturated rings. The van der Waals surface area contributed by atoms with Crippen LogP contribution >= 0.6 is 0 Å². The van der Waals surface area contributed by atoms with Crippen molar-refractivity contribution in [2.45, 2.75) is 39.2 Å². The summed E-state index contributed by atoms with van der Waals surface area (Å²) in [6.07, 6.45) is 3.30. The van der Waals surface area contributed by atoms with Crippen LogP contribution in [0.25, 0.3) is 0 Å². The van der Waals surface area contributed by atoms with E-state index < -0.39 is 0 Å². The third-order valence-electron chi connectivity index (χ3n) is 3.20. The van der Waals surface area contributed by atoms with E-state index in [9.17, 15) is 4.79 Å². The molecule has 3 N–H and O–H groups in total. The van der Waals surface area contributed by atoms with Gasteiger partial charge in [0.15, 0.2) is 0 Å². The number of likely N-dealkylation sites (tertiary alicyclic amines) is 1. The molecule has 0 aromatic carbocycles. The molecule has 0 spiro atoms. The lowest BCUT2D eigenvalue weighted by Gasteiger charge is -2.18. The molecule has 1 aliphatic rings. The normalized spacial score (nSPS) is 23.3. The Kier molecular flexibility index (Phi) is 5.77. The zero-order valence-corrected chi connectivity index (χ0v) is 10.5. The first-order valence-corrected chi connectivity index (χ1v) is 6.37. The van der Waals surface area contributed by atoms with E-state index in [2.05, 4.69) is 24.1 Å². The highest BCUT2D eigenvalue weighted by Crippen LogP contribution is 2.13. The highest BCUT2D eigenvalue weighted by molar-refractivity contribution is 5.78. The largest absolute Gasteiger partial charge is 0.353 e.